The van der Waals surface area contributed by atoms with Gasteiger partial charge in [-0.15, -0.1) is 0 Å². The van der Waals surface area contributed by atoms with Crippen molar-refractivity contribution in [2.45, 2.75) is 38.5 Å². The third-order valence-electron chi connectivity index (χ3n) is 10.6. The SMILES string of the molecule is CC1(C)c2ccccc2-c2c1ccc1c3ccc4c(c3n(-c3ccc(C(=O)c5ccccc5)cc3)c21)-c1ccccc1C4(C)C. The van der Waals surface area contributed by atoms with Gasteiger partial charge in [-0.2, -0.15) is 0 Å². The van der Waals surface area contributed by atoms with Crippen LogP contribution in [0.2, 0.25) is 0 Å². The van der Waals surface area contributed by atoms with Gasteiger partial charge in [-0.25, -0.2) is 0 Å². The lowest BCUT2D eigenvalue weighted by molar-refractivity contribution is 0.103. The first-order valence-electron chi connectivity index (χ1n) is 15.8. The fraction of sp³-hybridized carbons (Fsp3) is 0.140. The predicted molar refractivity (Wildman–Crippen MR) is 186 cm³/mol. The molecule has 2 aliphatic rings. The van der Waals surface area contributed by atoms with E-state index in [1.54, 1.807) is 0 Å². The quantitative estimate of drug-likeness (QED) is 0.191. The van der Waals surface area contributed by atoms with Gasteiger partial charge in [-0.3, -0.25) is 4.79 Å². The van der Waals surface area contributed by atoms with E-state index in [1.165, 1.54) is 66.3 Å². The van der Waals surface area contributed by atoms with Crippen molar-refractivity contribution in [3.63, 3.8) is 0 Å². The molecule has 9 rings (SSSR count). The van der Waals surface area contributed by atoms with Crippen molar-refractivity contribution in [2.24, 2.45) is 0 Å². The first kappa shape index (κ1) is 26.2. The van der Waals surface area contributed by atoms with Gasteiger partial charge in [-0.05, 0) is 57.6 Å². The molecule has 2 aliphatic carbocycles. The average Bonchev–Trinajstić information content (AvgIpc) is 3.62. The minimum atomic E-state index is -0.107. The molecule has 0 spiro atoms. The van der Waals surface area contributed by atoms with Crippen LogP contribution in [0.3, 0.4) is 0 Å². The van der Waals surface area contributed by atoms with E-state index in [1.807, 2.05) is 42.5 Å². The maximum absolute atomic E-state index is 13.4. The number of ketones is 1. The number of nitrogens with zero attached hydrogens (tertiary/aromatic N) is 1. The molecule has 2 heteroatoms. The summed E-state index contributed by atoms with van der Waals surface area (Å²) in [6.07, 6.45) is 0. The summed E-state index contributed by atoms with van der Waals surface area (Å²) in [7, 11) is 0. The molecule has 0 amide bonds. The van der Waals surface area contributed by atoms with Gasteiger partial charge in [0.25, 0.3) is 0 Å². The van der Waals surface area contributed by atoms with Crippen molar-refractivity contribution < 1.29 is 4.79 Å². The molecular formula is C43H33NO. The monoisotopic (exact) mass is 579 g/mol. The first-order chi connectivity index (χ1) is 21.8. The number of fused-ring (bicyclic) bond motifs is 11. The van der Waals surface area contributed by atoms with Crippen LogP contribution in [-0.2, 0) is 10.8 Å². The zero-order valence-corrected chi connectivity index (χ0v) is 26.0. The summed E-state index contributed by atoms with van der Waals surface area (Å²) in [5, 5.41) is 2.51. The fourth-order valence-corrected chi connectivity index (χ4v) is 8.34. The molecule has 0 atom stereocenters. The summed E-state index contributed by atoms with van der Waals surface area (Å²) in [5.41, 5.74) is 15.4. The van der Waals surface area contributed by atoms with E-state index >= 15 is 0 Å². The second kappa shape index (κ2) is 8.92. The third kappa shape index (κ3) is 3.37. The molecule has 1 aromatic heterocycles. The second-order valence-corrected chi connectivity index (χ2v) is 13.7. The Labute approximate surface area is 263 Å². The van der Waals surface area contributed by atoms with Crippen LogP contribution in [-0.4, -0.2) is 10.4 Å². The van der Waals surface area contributed by atoms with Crippen molar-refractivity contribution in [3.8, 4) is 27.9 Å². The highest BCUT2D eigenvalue weighted by molar-refractivity contribution is 6.20. The number of hydrogen-bond acceptors (Lipinski definition) is 1. The molecule has 6 aromatic carbocycles. The number of rotatable bonds is 3. The molecule has 0 aliphatic heterocycles. The molecule has 1 heterocycles. The molecule has 0 bridgehead atoms. The standard InChI is InChI=1S/C43H33NO/c1-42(2)33-16-10-8-14-31(33)37-35(42)24-22-29-30-23-25-36-38(32-15-9-11-17-34(32)43(36,3)4)40(30)44(39(29)37)28-20-18-27(19-21-28)41(45)26-12-6-5-7-13-26/h5-25H,1-4H3. The highest BCUT2D eigenvalue weighted by Crippen LogP contribution is 2.56. The summed E-state index contributed by atoms with van der Waals surface area (Å²) in [6, 6.07) is 45.0. The third-order valence-corrected chi connectivity index (χ3v) is 10.6. The highest BCUT2D eigenvalue weighted by Gasteiger charge is 2.40. The molecule has 0 saturated carbocycles. The molecule has 0 unspecified atom stereocenters. The van der Waals surface area contributed by atoms with Gasteiger partial charge in [-0.1, -0.05) is 131 Å². The zero-order valence-electron chi connectivity index (χ0n) is 26.0. The Balaban J connectivity index is 1.41. The van der Waals surface area contributed by atoms with Gasteiger partial charge in [0, 0.05) is 49.5 Å². The van der Waals surface area contributed by atoms with Crippen LogP contribution >= 0.6 is 0 Å². The van der Waals surface area contributed by atoms with Gasteiger partial charge >= 0.3 is 0 Å². The summed E-state index contributed by atoms with van der Waals surface area (Å²) in [6.45, 7) is 9.38. The van der Waals surface area contributed by atoms with E-state index < -0.39 is 0 Å². The normalized spacial score (nSPS) is 15.1. The highest BCUT2D eigenvalue weighted by atomic mass is 16.1. The van der Waals surface area contributed by atoms with Crippen LogP contribution in [0.25, 0.3) is 49.7 Å². The Morgan fingerprint density at radius 1 is 0.467 bits per heavy atom. The van der Waals surface area contributed by atoms with Crippen molar-refractivity contribution in [1.82, 2.24) is 4.57 Å². The van der Waals surface area contributed by atoms with Gasteiger partial charge in [0.2, 0.25) is 0 Å². The molecule has 216 valence electrons. The average molecular weight is 580 g/mol. The van der Waals surface area contributed by atoms with Crippen LogP contribution in [0.15, 0.2) is 127 Å². The predicted octanol–water partition coefficient (Wildman–Crippen LogP) is 10.6. The van der Waals surface area contributed by atoms with E-state index in [0.29, 0.717) is 11.1 Å². The minimum absolute atomic E-state index is 0.0394. The lowest BCUT2D eigenvalue weighted by Crippen LogP contribution is -2.14. The molecule has 0 N–H and O–H groups in total. The van der Waals surface area contributed by atoms with Crippen LogP contribution in [0, 0.1) is 0 Å². The fourth-order valence-electron chi connectivity index (χ4n) is 8.34. The number of carbonyl (C=O) groups excluding carboxylic acids is 1. The second-order valence-electron chi connectivity index (χ2n) is 13.7. The smallest absolute Gasteiger partial charge is 0.193 e. The van der Waals surface area contributed by atoms with Crippen molar-refractivity contribution in [1.29, 1.82) is 0 Å². The Hall–Kier alpha value is -5.21. The summed E-state index contributed by atoms with van der Waals surface area (Å²) < 4.78 is 2.50. The van der Waals surface area contributed by atoms with E-state index in [4.69, 9.17) is 0 Å². The number of hydrogen-bond donors (Lipinski definition) is 0. The summed E-state index contributed by atoms with van der Waals surface area (Å²) in [5.74, 6) is 0.0394. The van der Waals surface area contributed by atoms with Crippen molar-refractivity contribution in [3.05, 3.63) is 161 Å². The van der Waals surface area contributed by atoms with E-state index in [0.717, 1.165) is 5.69 Å². The van der Waals surface area contributed by atoms with E-state index in [9.17, 15) is 4.79 Å². The maximum Gasteiger partial charge on any atom is 0.193 e. The van der Waals surface area contributed by atoms with Gasteiger partial charge < -0.3 is 4.57 Å². The molecule has 45 heavy (non-hydrogen) atoms. The van der Waals surface area contributed by atoms with Gasteiger partial charge in [0.15, 0.2) is 5.78 Å². The Morgan fingerprint density at radius 3 is 1.42 bits per heavy atom. The Morgan fingerprint density at radius 2 is 0.911 bits per heavy atom. The van der Waals surface area contributed by atoms with Gasteiger partial charge in [0.1, 0.15) is 0 Å². The first-order valence-corrected chi connectivity index (χ1v) is 15.8. The number of benzene rings is 6. The Bertz CT molecular complexity index is 2250. The van der Waals surface area contributed by atoms with Crippen molar-refractivity contribution >= 4 is 27.6 Å². The molecule has 2 nitrogen and oxygen atoms in total. The lowest BCUT2D eigenvalue weighted by Gasteiger charge is -2.21. The van der Waals surface area contributed by atoms with Crippen molar-refractivity contribution in [2.75, 3.05) is 0 Å². The number of aromatic nitrogens is 1. The topological polar surface area (TPSA) is 22.0 Å². The minimum Gasteiger partial charge on any atom is -0.308 e. The summed E-state index contributed by atoms with van der Waals surface area (Å²) in [4.78, 5) is 13.4. The Kier molecular flexibility index (Phi) is 5.20. The molecule has 0 saturated heterocycles. The van der Waals surface area contributed by atoms with E-state index in [2.05, 4.69) is 117 Å². The van der Waals surface area contributed by atoms with Crippen LogP contribution in [0.1, 0.15) is 65.9 Å². The van der Waals surface area contributed by atoms with Crippen LogP contribution < -0.4 is 0 Å². The largest absolute Gasteiger partial charge is 0.308 e. The summed E-state index contributed by atoms with van der Waals surface area (Å²) >= 11 is 0. The maximum atomic E-state index is 13.4. The molecule has 0 radical (unpaired) electrons. The number of carbonyl (C=O) groups is 1. The molecular weight excluding hydrogens is 546 g/mol. The molecule has 7 aromatic rings. The van der Waals surface area contributed by atoms with Crippen LogP contribution in [0.4, 0.5) is 0 Å². The van der Waals surface area contributed by atoms with E-state index in [-0.39, 0.29) is 16.6 Å². The zero-order chi connectivity index (χ0) is 30.7. The van der Waals surface area contributed by atoms with Gasteiger partial charge in [0.05, 0.1) is 11.0 Å². The lowest BCUT2D eigenvalue weighted by atomic mass is 9.82. The van der Waals surface area contributed by atoms with Crippen LogP contribution in [0.5, 0.6) is 0 Å². The molecule has 0 fully saturated rings.